The van der Waals surface area contributed by atoms with E-state index >= 15 is 0 Å². The third-order valence-corrected chi connectivity index (χ3v) is 4.35. The number of ether oxygens (including phenoxy) is 2. The summed E-state index contributed by atoms with van der Waals surface area (Å²) in [5.74, 6) is 3.28. The zero-order valence-corrected chi connectivity index (χ0v) is 12.7. The van der Waals surface area contributed by atoms with Crippen molar-refractivity contribution in [3.63, 3.8) is 0 Å². The summed E-state index contributed by atoms with van der Waals surface area (Å²) < 4.78 is 11.2. The quantitative estimate of drug-likeness (QED) is 0.789. The molecule has 20 heavy (non-hydrogen) atoms. The van der Waals surface area contributed by atoms with Crippen LogP contribution in [0.4, 0.5) is 0 Å². The molecule has 1 N–H and O–H groups in total. The topological polar surface area (TPSA) is 30.5 Å². The van der Waals surface area contributed by atoms with Crippen LogP contribution >= 0.6 is 0 Å². The van der Waals surface area contributed by atoms with Crippen molar-refractivity contribution in [2.45, 2.75) is 32.1 Å². The molecule has 1 fully saturated rings. The lowest BCUT2D eigenvalue weighted by atomic mass is 9.88. The minimum Gasteiger partial charge on any atom is -0.493 e. The first-order valence-electron chi connectivity index (χ1n) is 7.75. The van der Waals surface area contributed by atoms with Crippen molar-refractivity contribution in [2.75, 3.05) is 27.3 Å². The Labute approximate surface area is 122 Å². The Morgan fingerprint density at radius 3 is 2.55 bits per heavy atom. The predicted molar refractivity (Wildman–Crippen MR) is 82.5 cm³/mol. The highest BCUT2D eigenvalue weighted by Gasteiger charge is 2.24. The summed E-state index contributed by atoms with van der Waals surface area (Å²) in [5, 5.41) is 3.34. The lowest BCUT2D eigenvalue weighted by Crippen LogP contribution is -2.26. The SMILES string of the molecule is CNCC(CCOc1ccccc1OC)C1CCCC1. The number of rotatable bonds is 8. The van der Waals surface area contributed by atoms with Gasteiger partial charge < -0.3 is 14.8 Å². The summed E-state index contributed by atoms with van der Waals surface area (Å²) in [5.41, 5.74) is 0. The number of hydrogen-bond acceptors (Lipinski definition) is 3. The molecule has 0 radical (unpaired) electrons. The lowest BCUT2D eigenvalue weighted by Gasteiger charge is -2.23. The molecule has 3 heteroatoms. The molecule has 1 aliphatic rings. The van der Waals surface area contributed by atoms with Crippen molar-refractivity contribution < 1.29 is 9.47 Å². The largest absolute Gasteiger partial charge is 0.493 e. The zero-order valence-electron chi connectivity index (χ0n) is 12.7. The highest BCUT2D eigenvalue weighted by Crippen LogP contribution is 2.33. The average molecular weight is 277 g/mol. The molecule has 3 nitrogen and oxygen atoms in total. The van der Waals surface area contributed by atoms with Gasteiger partial charge in [-0.2, -0.15) is 0 Å². The predicted octanol–water partition coefficient (Wildman–Crippen LogP) is 3.49. The second-order valence-corrected chi connectivity index (χ2v) is 5.65. The van der Waals surface area contributed by atoms with Gasteiger partial charge in [-0.3, -0.25) is 0 Å². The number of hydrogen-bond donors (Lipinski definition) is 1. The monoisotopic (exact) mass is 277 g/mol. The van der Waals surface area contributed by atoms with Crippen molar-refractivity contribution in [1.82, 2.24) is 5.32 Å². The molecule has 1 aromatic rings. The maximum Gasteiger partial charge on any atom is 0.161 e. The summed E-state index contributed by atoms with van der Waals surface area (Å²) in [7, 11) is 3.73. The van der Waals surface area contributed by atoms with E-state index < -0.39 is 0 Å². The highest BCUT2D eigenvalue weighted by atomic mass is 16.5. The zero-order chi connectivity index (χ0) is 14.2. The molecule has 1 saturated carbocycles. The summed E-state index contributed by atoms with van der Waals surface area (Å²) >= 11 is 0. The van der Waals surface area contributed by atoms with Crippen molar-refractivity contribution in [3.05, 3.63) is 24.3 Å². The van der Waals surface area contributed by atoms with Crippen LogP contribution in [-0.2, 0) is 0 Å². The van der Waals surface area contributed by atoms with Crippen LogP contribution in [0, 0.1) is 11.8 Å². The fraction of sp³-hybridized carbons (Fsp3) is 0.647. The molecule has 0 amide bonds. The number of para-hydroxylation sites is 2. The second kappa shape index (κ2) is 8.15. The maximum absolute atomic E-state index is 5.91. The third kappa shape index (κ3) is 4.14. The Balaban J connectivity index is 1.83. The van der Waals surface area contributed by atoms with Crippen LogP contribution in [0.3, 0.4) is 0 Å². The highest BCUT2D eigenvalue weighted by molar-refractivity contribution is 5.39. The molecule has 0 spiro atoms. The molecule has 1 aliphatic carbocycles. The molecule has 1 unspecified atom stereocenters. The Morgan fingerprint density at radius 1 is 1.20 bits per heavy atom. The van der Waals surface area contributed by atoms with Crippen LogP contribution in [0.2, 0.25) is 0 Å². The normalized spacial score (nSPS) is 17.1. The van der Waals surface area contributed by atoms with Crippen LogP contribution in [-0.4, -0.2) is 27.3 Å². The van der Waals surface area contributed by atoms with Gasteiger partial charge in [0.15, 0.2) is 11.5 Å². The number of benzene rings is 1. The van der Waals surface area contributed by atoms with Gasteiger partial charge in [0.05, 0.1) is 13.7 Å². The van der Waals surface area contributed by atoms with E-state index in [1.165, 1.54) is 25.7 Å². The van der Waals surface area contributed by atoms with Gasteiger partial charge in [0, 0.05) is 0 Å². The van der Waals surface area contributed by atoms with Crippen molar-refractivity contribution in [1.29, 1.82) is 0 Å². The average Bonchev–Trinajstić information content (AvgIpc) is 3.01. The molecular formula is C17H27NO2. The molecule has 0 bridgehead atoms. The lowest BCUT2D eigenvalue weighted by molar-refractivity contribution is 0.226. The van der Waals surface area contributed by atoms with Gasteiger partial charge in [-0.25, -0.2) is 0 Å². The van der Waals surface area contributed by atoms with E-state index in [4.69, 9.17) is 9.47 Å². The molecule has 0 aliphatic heterocycles. The Hall–Kier alpha value is -1.22. The fourth-order valence-corrected chi connectivity index (χ4v) is 3.25. The molecule has 112 valence electrons. The molecule has 1 aromatic carbocycles. The van der Waals surface area contributed by atoms with Gasteiger partial charge >= 0.3 is 0 Å². The smallest absolute Gasteiger partial charge is 0.161 e. The first-order valence-corrected chi connectivity index (χ1v) is 7.75. The molecule has 0 aromatic heterocycles. The van der Waals surface area contributed by atoms with Crippen LogP contribution in [0.15, 0.2) is 24.3 Å². The minimum absolute atomic E-state index is 0.734. The van der Waals surface area contributed by atoms with E-state index in [9.17, 15) is 0 Å². The van der Waals surface area contributed by atoms with Gasteiger partial charge in [-0.05, 0) is 44.0 Å². The van der Waals surface area contributed by atoms with E-state index in [1.807, 2.05) is 31.3 Å². The van der Waals surface area contributed by atoms with Gasteiger partial charge in [-0.15, -0.1) is 0 Å². The molecule has 0 saturated heterocycles. The fourth-order valence-electron chi connectivity index (χ4n) is 3.25. The first kappa shape index (κ1) is 15.2. The number of nitrogens with one attached hydrogen (secondary N) is 1. The summed E-state index contributed by atoms with van der Waals surface area (Å²) in [6.07, 6.45) is 6.70. The Kier molecular flexibility index (Phi) is 6.19. The van der Waals surface area contributed by atoms with E-state index in [-0.39, 0.29) is 0 Å². The van der Waals surface area contributed by atoms with Gasteiger partial charge in [0.1, 0.15) is 0 Å². The first-order chi connectivity index (χ1) is 9.85. The third-order valence-electron chi connectivity index (χ3n) is 4.35. The second-order valence-electron chi connectivity index (χ2n) is 5.65. The van der Waals surface area contributed by atoms with E-state index in [0.717, 1.165) is 42.9 Å². The minimum atomic E-state index is 0.734. The van der Waals surface area contributed by atoms with Crippen LogP contribution in [0.25, 0.3) is 0 Å². The van der Waals surface area contributed by atoms with Crippen molar-refractivity contribution in [2.24, 2.45) is 11.8 Å². The molecule has 0 heterocycles. The van der Waals surface area contributed by atoms with Crippen LogP contribution in [0.5, 0.6) is 11.5 Å². The van der Waals surface area contributed by atoms with Gasteiger partial charge in [0.25, 0.3) is 0 Å². The summed E-state index contributed by atoms with van der Waals surface area (Å²) in [6, 6.07) is 7.87. The van der Waals surface area contributed by atoms with Crippen LogP contribution in [0.1, 0.15) is 32.1 Å². The molecule has 2 rings (SSSR count). The summed E-state index contributed by atoms with van der Waals surface area (Å²) in [4.78, 5) is 0. The summed E-state index contributed by atoms with van der Waals surface area (Å²) in [6.45, 7) is 1.86. The van der Waals surface area contributed by atoms with Crippen LogP contribution < -0.4 is 14.8 Å². The number of methoxy groups -OCH3 is 1. The van der Waals surface area contributed by atoms with Gasteiger partial charge in [0.2, 0.25) is 0 Å². The maximum atomic E-state index is 5.91. The van der Waals surface area contributed by atoms with E-state index in [2.05, 4.69) is 5.32 Å². The Morgan fingerprint density at radius 2 is 1.90 bits per heavy atom. The molecular weight excluding hydrogens is 250 g/mol. The van der Waals surface area contributed by atoms with E-state index in [1.54, 1.807) is 7.11 Å². The molecule has 1 atom stereocenters. The van der Waals surface area contributed by atoms with Gasteiger partial charge in [-0.1, -0.05) is 37.8 Å². The van der Waals surface area contributed by atoms with E-state index in [0.29, 0.717) is 0 Å². The van der Waals surface area contributed by atoms with Crippen molar-refractivity contribution in [3.8, 4) is 11.5 Å². The Bertz CT molecular complexity index is 388. The standard InChI is InChI=1S/C17H27NO2/c1-18-13-15(14-7-3-4-8-14)11-12-20-17-10-6-5-9-16(17)19-2/h5-6,9-10,14-15,18H,3-4,7-8,11-13H2,1-2H3. The van der Waals surface area contributed by atoms with Crippen molar-refractivity contribution >= 4 is 0 Å².